The van der Waals surface area contributed by atoms with Gasteiger partial charge in [-0.3, -0.25) is 14.9 Å². The molecule has 0 atom stereocenters. The van der Waals surface area contributed by atoms with Gasteiger partial charge in [0, 0.05) is 24.7 Å². The van der Waals surface area contributed by atoms with Crippen molar-refractivity contribution in [3.05, 3.63) is 107 Å². The summed E-state index contributed by atoms with van der Waals surface area (Å²) < 4.78 is 25.9. The number of aryl methyl sites for hydroxylation is 1. The number of carbonyl (C=O) groups excluding carboxylic acids is 3. The number of halogens is 1. The summed E-state index contributed by atoms with van der Waals surface area (Å²) in [6.07, 6.45) is 3.12. The second-order valence-electron chi connectivity index (χ2n) is 12.5. The molecule has 0 aliphatic carbocycles. The van der Waals surface area contributed by atoms with Gasteiger partial charge in [0.05, 0.1) is 11.1 Å². The fourth-order valence-electron chi connectivity index (χ4n) is 4.81. The molecule has 2 amide bonds. The zero-order valence-corrected chi connectivity index (χ0v) is 28.3. The van der Waals surface area contributed by atoms with Gasteiger partial charge in [0.25, 0.3) is 11.8 Å². The number of ether oxygens (including phenoxy) is 1. The fraction of sp³-hybridized carbons (Fsp3) is 0.289. The van der Waals surface area contributed by atoms with E-state index in [-0.39, 0.29) is 41.5 Å². The Morgan fingerprint density at radius 1 is 1.00 bits per heavy atom. The predicted octanol–water partition coefficient (Wildman–Crippen LogP) is 8.29. The molecule has 48 heavy (non-hydrogen) atoms. The minimum atomic E-state index is -0.625. The summed E-state index contributed by atoms with van der Waals surface area (Å²) in [5.41, 5.74) is 4.05. The highest BCUT2D eigenvalue weighted by molar-refractivity contribution is 6.20. The van der Waals surface area contributed by atoms with Gasteiger partial charge in [-0.25, -0.2) is 9.18 Å². The molecular weight excluding hydrogens is 611 g/mol. The van der Waals surface area contributed by atoms with Gasteiger partial charge < -0.3 is 14.6 Å². The average molecular weight is 653 g/mol. The Kier molecular flexibility index (Phi) is 11.4. The largest absolute Gasteiger partial charge is 0.444 e. The molecule has 250 valence electrons. The second kappa shape index (κ2) is 15.5. The third kappa shape index (κ3) is 9.34. The minimum absolute atomic E-state index is 0.00641. The third-order valence-electron chi connectivity index (χ3n) is 7.41. The molecule has 0 aliphatic rings. The van der Waals surface area contributed by atoms with E-state index in [1.54, 1.807) is 57.2 Å². The van der Waals surface area contributed by atoms with E-state index in [9.17, 15) is 14.4 Å². The number of hydrogen-bond donors (Lipinski definition) is 2. The van der Waals surface area contributed by atoms with Crippen molar-refractivity contribution in [3.8, 4) is 22.8 Å². The van der Waals surface area contributed by atoms with Crippen molar-refractivity contribution in [2.24, 2.45) is 0 Å². The van der Waals surface area contributed by atoms with E-state index in [0.717, 1.165) is 11.1 Å². The number of ketones is 1. The molecule has 4 rings (SSSR count). The molecular formula is C38H41FN4O5. The van der Waals surface area contributed by atoms with Crippen molar-refractivity contribution in [3.63, 3.8) is 0 Å². The molecule has 0 radical (unpaired) electrons. The summed E-state index contributed by atoms with van der Waals surface area (Å²) in [7, 11) is 1.48. The van der Waals surface area contributed by atoms with Crippen LogP contribution in [0.2, 0.25) is 0 Å². The van der Waals surface area contributed by atoms with Crippen LogP contribution < -0.4 is 10.6 Å². The van der Waals surface area contributed by atoms with Crippen molar-refractivity contribution in [1.82, 2.24) is 15.5 Å². The lowest BCUT2D eigenvalue weighted by molar-refractivity contribution is -0.122. The van der Waals surface area contributed by atoms with Gasteiger partial charge in [0.15, 0.2) is 5.78 Å². The molecule has 0 saturated carbocycles. The number of nitrogens with one attached hydrogen (secondary N) is 2. The van der Waals surface area contributed by atoms with Crippen molar-refractivity contribution in [2.45, 2.75) is 65.9 Å². The quantitative estimate of drug-likeness (QED) is 0.0723. The Balaban J connectivity index is 1.43. The van der Waals surface area contributed by atoms with E-state index in [2.05, 4.69) is 34.6 Å². The number of anilines is 1. The molecule has 0 bridgehead atoms. The molecule has 2 N–H and O–H groups in total. The lowest BCUT2D eigenvalue weighted by Gasteiger charge is -2.19. The Labute approximate surface area is 280 Å². The van der Waals surface area contributed by atoms with Gasteiger partial charge in [-0.05, 0) is 105 Å². The van der Waals surface area contributed by atoms with Crippen molar-refractivity contribution >= 4 is 29.0 Å². The number of nitrogens with zero attached hydrogens (tertiary/aromatic N) is 2. The normalized spacial score (nSPS) is 12.2. The van der Waals surface area contributed by atoms with Crippen LogP contribution in [-0.2, 0) is 20.7 Å². The number of benzene rings is 3. The van der Waals surface area contributed by atoms with Crippen LogP contribution in [0.4, 0.5) is 14.9 Å². The Morgan fingerprint density at radius 3 is 2.27 bits per heavy atom. The Morgan fingerprint density at radius 2 is 1.69 bits per heavy atom. The Bertz CT molecular complexity index is 1830. The van der Waals surface area contributed by atoms with E-state index in [1.165, 1.54) is 24.7 Å². The van der Waals surface area contributed by atoms with Gasteiger partial charge in [0.1, 0.15) is 11.4 Å². The van der Waals surface area contributed by atoms with Gasteiger partial charge in [-0.1, -0.05) is 55.4 Å². The molecule has 4 aromatic rings. The second-order valence-corrected chi connectivity index (χ2v) is 12.5. The number of Topliss-reactive ketones (excluding diaryl/α,β-unsaturated/α-hetero) is 1. The predicted molar refractivity (Wildman–Crippen MR) is 185 cm³/mol. The summed E-state index contributed by atoms with van der Waals surface area (Å²) >= 11 is 0. The molecule has 10 heteroatoms. The molecule has 1 aromatic heterocycles. The van der Waals surface area contributed by atoms with E-state index in [0.29, 0.717) is 22.7 Å². The van der Waals surface area contributed by atoms with Crippen LogP contribution in [-0.4, -0.2) is 40.6 Å². The maximum Gasteiger partial charge on any atom is 0.412 e. The van der Waals surface area contributed by atoms with Crippen LogP contribution in [0, 0.1) is 5.82 Å². The van der Waals surface area contributed by atoms with Crippen molar-refractivity contribution in [1.29, 1.82) is 0 Å². The number of rotatable bonds is 11. The van der Waals surface area contributed by atoms with Crippen LogP contribution in [0.15, 0.2) is 89.0 Å². The van der Waals surface area contributed by atoms with Gasteiger partial charge in [-0.15, -0.1) is 0 Å². The summed E-state index contributed by atoms with van der Waals surface area (Å²) in [4.78, 5) is 42.4. The zero-order valence-electron chi connectivity index (χ0n) is 28.3. The fourth-order valence-corrected chi connectivity index (χ4v) is 4.81. The minimum Gasteiger partial charge on any atom is -0.444 e. The smallest absolute Gasteiger partial charge is 0.412 e. The number of amides is 2. The van der Waals surface area contributed by atoms with E-state index in [4.69, 9.17) is 9.26 Å². The van der Waals surface area contributed by atoms with Crippen LogP contribution >= 0.6 is 0 Å². The molecule has 3 aromatic carbocycles. The zero-order chi connectivity index (χ0) is 35.0. The maximum absolute atomic E-state index is 15.2. The van der Waals surface area contributed by atoms with Gasteiger partial charge in [0.2, 0.25) is 5.82 Å². The molecule has 0 spiro atoms. The van der Waals surface area contributed by atoms with Gasteiger partial charge >= 0.3 is 6.09 Å². The monoisotopic (exact) mass is 652 g/mol. The third-order valence-corrected chi connectivity index (χ3v) is 7.41. The summed E-state index contributed by atoms with van der Waals surface area (Å²) in [5, 5.41) is 9.14. The summed E-state index contributed by atoms with van der Waals surface area (Å²) in [5.74, 6) is -0.795. The van der Waals surface area contributed by atoms with Gasteiger partial charge in [-0.2, -0.15) is 4.98 Å². The number of likely N-dealkylation sites (N-methyl/N-ethyl adjacent to an activating group) is 1. The first-order valence-corrected chi connectivity index (χ1v) is 15.7. The van der Waals surface area contributed by atoms with Crippen LogP contribution in [0.3, 0.4) is 0 Å². The number of carbonyl (C=O) groups is 3. The number of allylic oxidation sites excluding steroid dienone is 3. The topological polar surface area (TPSA) is 123 Å². The molecule has 1 heterocycles. The number of aromatic nitrogens is 2. The van der Waals surface area contributed by atoms with Crippen LogP contribution in [0.5, 0.6) is 0 Å². The molecule has 0 saturated heterocycles. The lowest BCUT2D eigenvalue weighted by Crippen LogP contribution is -2.27. The van der Waals surface area contributed by atoms with Crippen molar-refractivity contribution in [2.75, 3.05) is 12.4 Å². The first kappa shape index (κ1) is 35.5. The summed E-state index contributed by atoms with van der Waals surface area (Å²) in [6.45, 7) is 11.4. The lowest BCUT2D eigenvalue weighted by atomic mass is 9.95. The first-order valence-electron chi connectivity index (χ1n) is 15.7. The van der Waals surface area contributed by atoms with Crippen LogP contribution in [0.25, 0.3) is 28.4 Å². The molecule has 0 fully saturated rings. The standard InChI is InChI=1S/C38H41FN4O5/c1-8-25(27-13-11-26(12-14-27)23(2)3)22-31(35(45)40-7)33(44)20-10-24-9-19-30(32(39)21-24)34-42-36(48-43-34)28-15-17-29(18-16-28)41-37(46)47-38(4,5)6/h8-9,11-19,21-23H,10,20H2,1-7H3,(H,40,45)(H,41,46)/b25-8+,31-22+. The first-order chi connectivity index (χ1) is 22.8. The molecule has 0 aliphatic heterocycles. The van der Waals surface area contributed by atoms with E-state index >= 15 is 4.39 Å². The SMILES string of the molecule is C/C=C(\C=C(/C(=O)CCc1ccc(-c2noc(-c3ccc(NC(=O)OC(C)(C)C)cc3)n2)c(F)c1)C(=O)NC)c1ccc(C(C)C)cc1. The molecule has 0 unspecified atom stereocenters. The van der Waals surface area contributed by atoms with E-state index in [1.807, 2.05) is 37.3 Å². The van der Waals surface area contributed by atoms with Crippen molar-refractivity contribution < 1.29 is 28.0 Å². The average Bonchev–Trinajstić information content (AvgIpc) is 3.53. The molecule has 9 nitrogen and oxygen atoms in total. The highest BCUT2D eigenvalue weighted by Crippen LogP contribution is 2.27. The number of hydrogen-bond acceptors (Lipinski definition) is 7. The maximum atomic E-state index is 15.2. The Hall–Kier alpha value is -5.38. The van der Waals surface area contributed by atoms with Crippen LogP contribution in [0.1, 0.15) is 70.6 Å². The summed E-state index contributed by atoms with van der Waals surface area (Å²) in [6, 6.07) is 19.3. The highest BCUT2D eigenvalue weighted by Gasteiger charge is 2.20. The van der Waals surface area contributed by atoms with E-state index < -0.39 is 23.4 Å². The highest BCUT2D eigenvalue weighted by atomic mass is 19.1.